The quantitative estimate of drug-likeness (QED) is 0.0781. The van der Waals surface area contributed by atoms with E-state index < -0.39 is 7.82 Å². The second-order valence-corrected chi connectivity index (χ2v) is 12.7. The molecule has 234 valence electrons. The van der Waals surface area contributed by atoms with E-state index in [9.17, 15) is 9.46 Å². The smallest absolute Gasteiger partial charge is 0.379 e. The molecule has 0 spiro atoms. The molecular formula is C30H63N2O6P. The van der Waals surface area contributed by atoms with Crippen molar-refractivity contribution < 1.29 is 28.0 Å². The highest BCUT2D eigenvalue weighted by atomic mass is 31.2. The summed E-state index contributed by atoms with van der Waals surface area (Å²) in [4.78, 5) is 14.5. The van der Waals surface area contributed by atoms with Gasteiger partial charge in [0.2, 0.25) is 0 Å². The molecule has 0 aliphatic carbocycles. The van der Waals surface area contributed by atoms with Crippen LogP contribution >= 0.6 is 7.82 Å². The Morgan fingerprint density at radius 1 is 0.692 bits per heavy atom. The number of phosphoric ester groups is 1. The van der Waals surface area contributed by atoms with Gasteiger partial charge in [0.15, 0.2) is 0 Å². The minimum Gasteiger partial charge on any atom is -0.379 e. The van der Waals surface area contributed by atoms with E-state index in [1.54, 1.807) is 0 Å². The molecule has 2 atom stereocenters. The van der Waals surface area contributed by atoms with Crippen LogP contribution in [0.25, 0.3) is 0 Å². The lowest BCUT2D eigenvalue weighted by molar-refractivity contribution is -0.0395. The lowest BCUT2D eigenvalue weighted by Gasteiger charge is -2.32. The number of nitrogens with zero attached hydrogens (tertiary/aromatic N) is 2. The number of hydrogen-bond acceptors (Lipinski definition) is 7. The Bertz CT molecular complexity index is 578. The summed E-state index contributed by atoms with van der Waals surface area (Å²) in [6.45, 7) is 10.4. The van der Waals surface area contributed by atoms with Crippen LogP contribution in [-0.2, 0) is 23.1 Å². The highest BCUT2D eigenvalue weighted by Crippen LogP contribution is 2.43. The van der Waals surface area contributed by atoms with Crippen molar-refractivity contribution in [1.29, 1.82) is 0 Å². The third-order valence-electron chi connectivity index (χ3n) is 7.53. The first-order valence-corrected chi connectivity index (χ1v) is 17.7. The Morgan fingerprint density at radius 3 is 1.72 bits per heavy atom. The van der Waals surface area contributed by atoms with Crippen LogP contribution in [0.3, 0.4) is 0 Å². The largest absolute Gasteiger partial charge is 0.472 e. The Labute approximate surface area is 241 Å². The van der Waals surface area contributed by atoms with Gasteiger partial charge in [-0.2, -0.15) is 0 Å². The van der Waals surface area contributed by atoms with E-state index in [0.29, 0.717) is 26.4 Å². The number of ether oxygens (including phenoxy) is 2. The summed E-state index contributed by atoms with van der Waals surface area (Å²) in [6, 6.07) is 0. The average molecular weight is 579 g/mol. The topological polar surface area (TPSA) is 80.7 Å². The number of piperazine rings is 1. The van der Waals surface area contributed by atoms with Gasteiger partial charge in [-0.05, 0) is 20.4 Å². The molecule has 1 saturated heterocycles. The lowest BCUT2D eigenvalue weighted by atomic mass is 10.0. The summed E-state index contributed by atoms with van der Waals surface area (Å²) >= 11 is 0. The van der Waals surface area contributed by atoms with Crippen molar-refractivity contribution in [2.75, 3.05) is 72.8 Å². The lowest BCUT2D eigenvalue weighted by Crippen LogP contribution is -2.45. The molecule has 1 fully saturated rings. The minimum atomic E-state index is -4.10. The van der Waals surface area contributed by atoms with Gasteiger partial charge in [-0.15, -0.1) is 0 Å². The van der Waals surface area contributed by atoms with Crippen LogP contribution in [0, 0.1) is 0 Å². The summed E-state index contributed by atoms with van der Waals surface area (Å²) in [7, 11) is -2.00. The van der Waals surface area contributed by atoms with Crippen LogP contribution in [0.2, 0.25) is 0 Å². The van der Waals surface area contributed by atoms with E-state index >= 15 is 0 Å². The van der Waals surface area contributed by atoms with E-state index in [-0.39, 0.29) is 19.3 Å². The van der Waals surface area contributed by atoms with Gasteiger partial charge in [0, 0.05) is 45.9 Å². The van der Waals surface area contributed by atoms with Crippen molar-refractivity contribution >= 4 is 7.82 Å². The van der Waals surface area contributed by atoms with Gasteiger partial charge in [0.05, 0.1) is 19.8 Å². The summed E-state index contributed by atoms with van der Waals surface area (Å²) in [5.41, 5.74) is 0. The van der Waals surface area contributed by atoms with Crippen molar-refractivity contribution in [2.24, 2.45) is 0 Å². The summed E-state index contributed by atoms with van der Waals surface area (Å²) < 4.78 is 34.0. The molecule has 1 heterocycles. The van der Waals surface area contributed by atoms with Gasteiger partial charge in [0.25, 0.3) is 0 Å². The minimum absolute atomic E-state index is 0.0188. The Hall–Kier alpha value is -0.0500. The zero-order valence-corrected chi connectivity index (χ0v) is 26.7. The van der Waals surface area contributed by atoms with E-state index in [4.69, 9.17) is 18.5 Å². The van der Waals surface area contributed by atoms with Crippen molar-refractivity contribution in [3.63, 3.8) is 0 Å². The number of hydrogen-bond donors (Lipinski definition) is 1. The van der Waals surface area contributed by atoms with Crippen molar-refractivity contribution in [1.82, 2.24) is 9.80 Å². The van der Waals surface area contributed by atoms with Gasteiger partial charge >= 0.3 is 7.82 Å². The molecule has 8 nitrogen and oxygen atoms in total. The molecule has 0 saturated carbocycles. The molecule has 0 radical (unpaired) electrons. The molecule has 1 aliphatic rings. The monoisotopic (exact) mass is 578 g/mol. The molecule has 0 aromatic heterocycles. The van der Waals surface area contributed by atoms with Crippen LogP contribution in [0.1, 0.15) is 117 Å². The molecule has 0 aromatic carbocycles. The maximum absolute atomic E-state index is 12.2. The third-order valence-corrected chi connectivity index (χ3v) is 8.51. The molecule has 1 aliphatic heterocycles. The maximum atomic E-state index is 12.2. The highest BCUT2D eigenvalue weighted by molar-refractivity contribution is 7.47. The molecular weight excluding hydrogens is 515 g/mol. The van der Waals surface area contributed by atoms with Crippen LogP contribution in [-0.4, -0.2) is 93.6 Å². The number of unbranched alkanes of at least 4 members (excludes halogenated alkanes) is 15. The summed E-state index contributed by atoms with van der Waals surface area (Å²) in [5, 5.41) is 0. The Morgan fingerprint density at radius 2 is 1.21 bits per heavy atom. The van der Waals surface area contributed by atoms with E-state index in [1.165, 1.54) is 96.3 Å². The molecule has 0 aromatic rings. The first-order chi connectivity index (χ1) is 19.0. The summed E-state index contributed by atoms with van der Waals surface area (Å²) in [5.74, 6) is 0. The molecule has 0 amide bonds. The van der Waals surface area contributed by atoms with E-state index in [2.05, 4.69) is 23.8 Å². The second-order valence-electron chi connectivity index (χ2n) is 11.2. The van der Waals surface area contributed by atoms with Gasteiger partial charge in [0.1, 0.15) is 6.10 Å². The van der Waals surface area contributed by atoms with Gasteiger partial charge in [-0.25, -0.2) is 4.57 Å². The maximum Gasteiger partial charge on any atom is 0.472 e. The van der Waals surface area contributed by atoms with Gasteiger partial charge in [-0.3, -0.25) is 13.9 Å². The Kier molecular flexibility index (Phi) is 24.3. The standard InChI is InChI=1S/C30H63N2O6P/c1-4-6-7-8-9-10-11-12-13-14-15-16-17-18-19-20-26-35-28-30(36-5-2)29-38-39(33,34)37-27-25-32-23-21-31(3)22-24-32/h30H,4-29H2,1-3H3,(H,33,34). The molecule has 0 bridgehead atoms. The zero-order valence-electron chi connectivity index (χ0n) is 25.8. The average Bonchev–Trinajstić information content (AvgIpc) is 2.92. The molecule has 1 rings (SSSR count). The van der Waals surface area contributed by atoms with Crippen LogP contribution < -0.4 is 0 Å². The van der Waals surface area contributed by atoms with Crippen molar-refractivity contribution in [3.05, 3.63) is 0 Å². The third kappa shape index (κ3) is 23.2. The van der Waals surface area contributed by atoms with Crippen LogP contribution in [0.4, 0.5) is 0 Å². The first kappa shape index (κ1) is 37.0. The van der Waals surface area contributed by atoms with Gasteiger partial charge < -0.3 is 19.3 Å². The molecule has 2 unspecified atom stereocenters. The van der Waals surface area contributed by atoms with E-state index in [0.717, 1.165) is 32.6 Å². The van der Waals surface area contributed by atoms with Crippen LogP contribution in [0.5, 0.6) is 0 Å². The van der Waals surface area contributed by atoms with E-state index in [1.807, 2.05) is 6.92 Å². The molecule has 39 heavy (non-hydrogen) atoms. The Balaban J connectivity index is 1.93. The number of phosphoric acid groups is 1. The SMILES string of the molecule is CCCCCCCCCCCCCCCCCCOCC(COP(=O)(O)OCCN1CCN(C)CC1)OCC. The predicted octanol–water partition coefficient (Wildman–Crippen LogP) is 7.05. The number of rotatable bonds is 28. The normalized spacial score (nSPS) is 17.4. The first-order valence-electron chi connectivity index (χ1n) is 16.2. The number of likely N-dealkylation sites (N-methyl/N-ethyl adjacent to an activating group) is 1. The molecule has 1 N–H and O–H groups in total. The molecule has 9 heteroatoms. The fourth-order valence-corrected chi connectivity index (χ4v) is 5.66. The van der Waals surface area contributed by atoms with Gasteiger partial charge in [-0.1, -0.05) is 103 Å². The predicted molar refractivity (Wildman–Crippen MR) is 161 cm³/mol. The van der Waals surface area contributed by atoms with Crippen LogP contribution in [0.15, 0.2) is 0 Å². The summed E-state index contributed by atoms with van der Waals surface area (Å²) in [6.07, 6.45) is 21.2. The highest BCUT2D eigenvalue weighted by Gasteiger charge is 2.24. The van der Waals surface area contributed by atoms with Crippen molar-refractivity contribution in [2.45, 2.75) is 123 Å². The fraction of sp³-hybridized carbons (Fsp3) is 1.00. The zero-order chi connectivity index (χ0) is 28.4. The van der Waals surface area contributed by atoms with Crippen molar-refractivity contribution in [3.8, 4) is 0 Å². The fourth-order valence-electron chi connectivity index (χ4n) is 4.92. The second kappa shape index (κ2) is 25.6.